The number of nitrogens with zero attached hydrogens (tertiary/aromatic N) is 1. The molecule has 0 unspecified atom stereocenters. The average Bonchev–Trinajstić information content (AvgIpc) is 2.82. The van der Waals surface area contributed by atoms with Gasteiger partial charge in [0.25, 0.3) is 0 Å². The highest BCUT2D eigenvalue weighted by Crippen LogP contribution is 2.31. The van der Waals surface area contributed by atoms with Crippen molar-refractivity contribution in [1.29, 1.82) is 0 Å². The molecule has 3 rings (SSSR count). The van der Waals surface area contributed by atoms with E-state index in [9.17, 15) is 8.42 Å². The molecule has 0 bridgehead atoms. The smallest absolute Gasteiger partial charge is 0.227 e. The van der Waals surface area contributed by atoms with Gasteiger partial charge < -0.3 is 10.2 Å². The highest BCUT2D eigenvalue weighted by molar-refractivity contribution is 9.10. The predicted molar refractivity (Wildman–Crippen MR) is 84.7 cm³/mol. The Hall–Kier alpha value is -1.86. The van der Waals surface area contributed by atoms with Gasteiger partial charge in [-0.05, 0) is 36.4 Å². The number of nitrogen functional groups attached to an aromatic ring is 1. The fourth-order valence-corrected chi connectivity index (χ4v) is 3.09. The van der Waals surface area contributed by atoms with Gasteiger partial charge in [-0.25, -0.2) is 13.4 Å². The maximum atomic E-state index is 11.4. The lowest BCUT2D eigenvalue weighted by Crippen LogP contribution is -1.96. The molecule has 5 nitrogen and oxygen atoms in total. The summed E-state index contributed by atoms with van der Waals surface area (Å²) in [5.74, 6) is 0.398. The maximum absolute atomic E-state index is 11.4. The van der Waals surface area contributed by atoms with Crippen molar-refractivity contribution in [2.45, 2.75) is 4.90 Å². The van der Waals surface area contributed by atoms with Gasteiger partial charge in [0.05, 0.1) is 10.6 Å². The first-order chi connectivity index (χ1) is 9.84. The summed E-state index contributed by atoms with van der Waals surface area (Å²) in [5.41, 5.74) is 8.22. The van der Waals surface area contributed by atoms with Gasteiger partial charge in [0.2, 0.25) is 5.89 Å². The molecule has 2 aromatic carbocycles. The summed E-state index contributed by atoms with van der Waals surface area (Å²) in [6.45, 7) is 0. The van der Waals surface area contributed by atoms with Crippen LogP contribution < -0.4 is 5.73 Å². The number of fused-ring (bicyclic) bond motifs is 1. The van der Waals surface area contributed by atoms with Crippen LogP contribution in [0.4, 0.5) is 5.69 Å². The van der Waals surface area contributed by atoms with Crippen molar-refractivity contribution >= 4 is 42.6 Å². The van der Waals surface area contributed by atoms with Gasteiger partial charge in [0, 0.05) is 16.3 Å². The molecule has 3 aromatic rings. The van der Waals surface area contributed by atoms with Crippen molar-refractivity contribution in [2.75, 3.05) is 12.0 Å². The first-order valence-electron chi connectivity index (χ1n) is 6.00. The second-order valence-electron chi connectivity index (χ2n) is 4.66. The third-order valence-corrected chi connectivity index (χ3v) is 4.60. The van der Waals surface area contributed by atoms with Crippen molar-refractivity contribution in [3.63, 3.8) is 0 Å². The van der Waals surface area contributed by atoms with E-state index in [4.69, 9.17) is 10.2 Å². The number of hydrogen-bond acceptors (Lipinski definition) is 5. The second kappa shape index (κ2) is 4.85. The molecule has 21 heavy (non-hydrogen) atoms. The molecule has 0 fully saturated rings. The van der Waals surface area contributed by atoms with E-state index < -0.39 is 9.84 Å². The molecule has 0 radical (unpaired) electrons. The highest BCUT2D eigenvalue weighted by atomic mass is 79.9. The number of aromatic nitrogens is 1. The van der Waals surface area contributed by atoms with E-state index in [1.807, 2.05) is 6.07 Å². The molecular formula is C14H11BrN2O3S. The summed E-state index contributed by atoms with van der Waals surface area (Å²) in [6.07, 6.45) is 1.17. The zero-order valence-corrected chi connectivity index (χ0v) is 13.4. The Morgan fingerprint density at radius 3 is 2.48 bits per heavy atom. The van der Waals surface area contributed by atoms with E-state index in [2.05, 4.69) is 20.9 Å². The summed E-state index contributed by atoms with van der Waals surface area (Å²) in [5, 5.41) is 0. The summed E-state index contributed by atoms with van der Waals surface area (Å²) in [6, 6.07) is 9.92. The van der Waals surface area contributed by atoms with Gasteiger partial charge in [-0.3, -0.25) is 0 Å². The van der Waals surface area contributed by atoms with Crippen LogP contribution in [0, 0.1) is 0 Å². The highest BCUT2D eigenvalue weighted by Gasteiger charge is 2.13. The van der Waals surface area contributed by atoms with Crippen LogP contribution in [0.1, 0.15) is 0 Å². The summed E-state index contributed by atoms with van der Waals surface area (Å²) < 4.78 is 29.4. The van der Waals surface area contributed by atoms with Crippen molar-refractivity contribution in [3.8, 4) is 11.5 Å². The topological polar surface area (TPSA) is 86.2 Å². The van der Waals surface area contributed by atoms with Crippen LogP contribution in [0.15, 0.2) is 50.2 Å². The van der Waals surface area contributed by atoms with Crippen molar-refractivity contribution in [1.82, 2.24) is 4.98 Å². The van der Waals surface area contributed by atoms with E-state index in [1.54, 1.807) is 18.2 Å². The van der Waals surface area contributed by atoms with Crippen LogP contribution in [0.3, 0.4) is 0 Å². The molecule has 0 spiro atoms. The summed E-state index contributed by atoms with van der Waals surface area (Å²) >= 11 is 3.35. The molecule has 0 aliphatic heterocycles. The summed E-state index contributed by atoms with van der Waals surface area (Å²) in [7, 11) is -3.22. The van der Waals surface area contributed by atoms with Gasteiger partial charge in [-0.2, -0.15) is 0 Å². The van der Waals surface area contributed by atoms with Crippen LogP contribution >= 0.6 is 15.9 Å². The predicted octanol–water partition coefficient (Wildman–Crippen LogP) is 3.24. The van der Waals surface area contributed by atoms with Crippen LogP contribution in [0.2, 0.25) is 0 Å². The lowest BCUT2D eigenvalue weighted by molar-refractivity contribution is 0.601. The van der Waals surface area contributed by atoms with Gasteiger partial charge in [-0.15, -0.1) is 0 Å². The molecule has 2 N–H and O–H groups in total. The number of rotatable bonds is 2. The zero-order chi connectivity index (χ0) is 15.2. The number of nitrogens with two attached hydrogens (primary N) is 1. The van der Waals surface area contributed by atoms with Gasteiger partial charge >= 0.3 is 0 Å². The maximum Gasteiger partial charge on any atom is 0.227 e. The number of benzene rings is 2. The quantitative estimate of drug-likeness (QED) is 0.703. The Morgan fingerprint density at radius 2 is 1.86 bits per heavy atom. The van der Waals surface area contributed by atoms with Crippen molar-refractivity contribution < 1.29 is 12.8 Å². The number of anilines is 1. The fourth-order valence-electron chi connectivity index (χ4n) is 1.99. The van der Waals surface area contributed by atoms with Crippen LogP contribution in [-0.2, 0) is 9.84 Å². The van der Waals surface area contributed by atoms with Gasteiger partial charge in [0.1, 0.15) is 5.52 Å². The van der Waals surface area contributed by atoms with Crippen LogP contribution in [0.25, 0.3) is 22.6 Å². The largest absolute Gasteiger partial charge is 0.434 e. The Labute approximate surface area is 129 Å². The standard InChI is InChI=1S/C14H11BrN2O3S/c1-21(18,19)10-4-2-8(3-5-10)14-17-12-7-9(15)6-11(16)13(12)20-14/h2-7H,16H2,1H3. The van der Waals surface area contributed by atoms with Crippen LogP contribution in [0.5, 0.6) is 0 Å². The number of oxazole rings is 1. The number of hydrogen-bond donors (Lipinski definition) is 1. The van der Waals surface area contributed by atoms with Crippen LogP contribution in [-0.4, -0.2) is 19.7 Å². The third-order valence-electron chi connectivity index (χ3n) is 3.01. The molecule has 108 valence electrons. The molecular weight excluding hydrogens is 356 g/mol. The second-order valence-corrected chi connectivity index (χ2v) is 7.59. The van der Waals surface area contributed by atoms with Gasteiger partial charge in [0.15, 0.2) is 15.4 Å². The van der Waals surface area contributed by atoms with Gasteiger partial charge in [-0.1, -0.05) is 15.9 Å². The molecule has 7 heteroatoms. The molecule has 0 amide bonds. The number of sulfone groups is 1. The van der Waals surface area contributed by atoms with Crippen molar-refractivity contribution in [3.05, 3.63) is 40.9 Å². The Morgan fingerprint density at radius 1 is 1.19 bits per heavy atom. The lowest BCUT2D eigenvalue weighted by Gasteiger charge is -1.99. The van der Waals surface area contributed by atoms with E-state index in [0.717, 1.165) is 4.47 Å². The number of halogens is 1. The molecule has 0 saturated heterocycles. The average molecular weight is 367 g/mol. The zero-order valence-electron chi connectivity index (χ0n) is 11.0. The normalized spacial score (nSPS) is 11.9. The fraction of sp³-hybridized carbons (Fsp3) is 0.0714. The molecule has 0 aliphatic rings. The Bertz CT molecular complexity index is 931. The monoisotopic (exact) mass is 366 g/mol. The SMILES string of the molecule is CS(=O)(=O)c1ccc(-c2nc3cc(Br)cc(N)c3o2)cc1. The van der Waals surface area contributed by atoms with E-state index in [1.165, 1.54) is 18.4 Å². The minimum atomic E-state index is -3.22. The Balaban J connectivity index is 2.10. The van der Waals surface area contributed by atoms with Crippen molar-refractivity contribution in [2.24, 2.45) is 0 Å². The lowest BCUT2D eigenvalue weighted by atomic mass is 10.2. The Kier molecular flexibility index (Phi) is 3.26. The minimum Gasteiger partial charge on any atom is -0.434 e. The van der Waals surface area contributed by atoms with E-state index >= 15 is 0 Å². The molecule has 0 aliphatic carbocycles. The first-order valence-corrected chi connectivity index (χ1v) is 8.69. The minimum absolute atomic E-state index is 0.254. The van der Waals surface area contributed by atoms with E-state index in [-0.39, 0.29) is 4.90 Å². The molecule has 0 saturated carbocycles. The first kappa shape index (κ1) is 14.1. The molecule has 0 atom stereocenters. The molecule has 1 heterocycles. The molecule has 1 aromatic heterocycles. The summed E-state index contributed by atoms with van der Waals surface area (Å²) in [4.78, 5) is 4.62. The third kappa shape index (κ3) is 2.66. The van der Waals surface area contributed by atoms with E-state index in [0.29, 0.717) is 28.2 Å².